The van der Waals surface area contributed by atoms with Crippen molar-refractivity contribution < 1.29 is 24.0 Å². The number of esters is 2. The summed E-state index contributed by atoms with van der Waals surface area (Å²) in [5.74, 6) is -0.978. The molecule has 1 fully saturated rings. The van der Waals surface area contributed by atoms with E-state index in [1.807, 2.05) is 0 Å². The second-order valence-electron chi connectivity index (χ2n) is 6.53. The monoisotopic (exact) mass is 387 g/mol. The van der Waals surface area contributed by atoms with Gasteiger partial charge in [-0.3, -0.25) is 14.8 Å². The van der Waals surface area contributed by atoms with Crippen molar-refractivity contribution in [3.05, 3.63) is 57.9 Å². The normalized spacial score (nSPS) is 19.0. The van der Waals surface area contributed by atoms with Crippen LogP contribution in [0.3, 0.4) is 0 Å². The third kappa shape index (κ3) is 4.36. The molecular weight excluding hydrogens is 366 g/mol. The van der Waals surface area contributed by atoms with Crippen LogP contribution in [-0.4, -0.2) is 39.4 Å². The second kappa shape index (κ2) is 8.64. The summed E-state index contributed by atoms with van der Waals surface area (Å²) in [6, 6.07) is 5.12. The van der Waals surface area contributed by atoms with Crippen molar-refractivity contribution in [3.8, 4) is 0 Å². The van der Waals surface area contributed by atoms with E-state index in [4.69, 9.17) is 9.47 Å². The van der Waals surface area contributed by atoms with Crippen LogP contribution in [0.1, 0.15) is 59.4 Å². The Kier molecular flexibility index (Phi) is 6.03. The first-order valence-corrected chi connectivity index (χ1v) is 9.16. The fraction of sp³-hybridized carbons (Fsp3) is 0.421. The topological polar surface area (TPSA) is 114 Å². The average Bonchev–Trinajstić information content (AvgIpc) is 3.19. The molecule has 1 aromatic heterocycles. The molecule has 0 spiro atoms. The van der Waals surface area contributed by atoms with E-state index in [0.29, 0.717) is 12.0 Å². The van der Waals surface area contributed by atoms with Crippen LogP contribution in [-0.2, 0) is 9.47 Å². The Labute approximate surface area is 161 Å². The molecule has 2 aromatic rings. The van der Waals surface area contributed by atoms with Crippen LogP contribution in [0.25, 0.3) is 0 Å². The number of hydrogen-bond acceptors (Lipinski definition) is 7. The number of non-ortho nitro benzene ring substituents is 1. The zero-order chi connectivity index (χ0) is 20.1. The van der Waals surface area contributed by atoms with E-state index in [1.54, 1.807) is 17.8 Å². The third-order valence-corrected chi connectivity index (χ3v) is 4.69. The maximum atomic E-state index is 12.5. The van der Waals surface area contributed by atoms with E-state index in [1.165, 1.54) is 30.5 Å². The summed E-state index contributed by atoms with van der Waals surface area (Å²) >= 11 is 0. The summed E-state index contributed by atoms with van der Waals surface area (Å²) in [5, 5.41) is 15.0. The van der Waals surface area contributed by atoms with Crippen LogP contribution in [0, 0.1) is 10.1 Å². The van der Waals surface area contributed by atoms with Gasteiger partial charge in [-0.2, -0.15) is 5.10 Å². The van der Waals surface area contributed by atoms with E-state index < -0.39 is 23.0 Å². The lowest BCUT2D eigenvalue weighted by Gasteiger charge is -2.31. The molecule has 0 N–H and O–H groups in total. The number of nitro groups is 1. The number of rotatable bonds is 6. The first-order valence-electron chi connectivity index (χ1n) is 9.16. The highest BCUT2D eigenvalue weighted by Gasteiger charge is 2.31. The summed E-state index contributed by atoms with van der Waals surface area (Å²) < 4.78 is 12.3. The minimum Gasteiger partial charge on any atom is -0.462 e. The minimum absolute atomic E-state index is 0.0878. The highest BCUT2D eigenvalue weighted by molar-refractivity contribution is 5.90. The molecule has 28 heavy (non-hydrogen) atoms. The molecule has 148 valence electrons. The summed E-state index contributed by atoms with van der Waals surface area (Å²) in [4.78, 5) is 34.5. The Morgan fingerprint density at radius 3 is 2.57 bits per heavy atom. The van der Waals surface area contributed by atoms with Gasteiger partial charge < -0.3 is 9.47 Å². The van der Waals surface area contributed by atoms with Crippen molar-refractivity contribution in [3.63, 3.8) is 0 Å². The Morgan fingerprint density at radius 2 is 1.89 bits per heavy atom. The molecule has 1 saturated carbocycles. The number of aromatic nitrogens is 2. The number of carbonyl (C=O) groups is 2. The molecule has 3 rings (SSSR count). The van der Waals surface area contributed by atoms with Crippen molar-refractivity contribution in [1.29, 1.82) is 0 Å². The molecule has 1 heterocycles. The van der Waals surface area contributed by atoms with Crippen molar-refractivity contribution in [2.24, 2.45) is 0 Å². The van der Waals surface area contributed by atoms with E-state index in [2.05, 4.69) is 5.10 Å². The first-order chi connectivity index (χ1) is 13.5. The van der Waals surface area contributed by atoms with Crippen LogP contribution in [0.2, 0.25) is 0 Å². The fourth-order valence-electron chi connectivity index (χ4n) is 3.28. The second-order valence-corrected chi connectivity index (χ2v) is 6.53. The van der Waals surface area contributed by atoms with Gasteiger partial charge in [0.25, 0.3) is 5.69 Å². The third-order valence-electron chi connectivity index (χ3n) is 4.69. The zero-order valence-corrected chi connectivity index (χ0v) is 15.4. The van der Waals surface area contributed by atoms with Gasteiger partial charge in [-0.25, -0.2) is 9.59 Å². The summed E-state index contributed by atoms with van der Waals surface area (Å²) in [7, 11) is 0. The van der Waals surface area contributed by atoms with E-state index in [0.717, 1.165) is 19.3 Å². The molecule has 0 aliphatic heterocycles. The van der Waals surface area contributed by atoms with E-state index in [9.17, 15) is 19.7 Å². The SMILES string of the molecule is CCOC(=O)c1cnn([C@@H]2CCCC[C@@H]2OC(=O)c2ccc([N+](=O)[O-])cc2)c1. The molecule has 9 nitrogen and oxygen atoms in total. The van der Waals surface area contributed by atoms with Gasteiger partial charge in [-0.15, -0.1) is 0 Å². The predicted molar refractivity (Wildman–Crippen MR) is 98.0 cm³/mol. The van der Waals surface area contributed by atoms with Crippen LogP contribution < -0.4 is 0 Å². The molecule has 0 radical (unpaired) electrons. The molecule has 0 amide bonds. The van der Waals surface area contributed by atoms with Crippen molar-refractivity contribution in [1.82, 2.24) is 9.78 Å². The quantitative estimate of drug-likeness (QED) is 0.424. The van der Waals surface area contributed by atoms with Gasteiger partial charge >= 0.3 is 11.9 Å². The first kappa shape index (κ1) is 19.5. The highest BCUT2D eigenvalue weighted by Crippen LogP contribution is 2.31. The highest BCUT2D eigenvalue weighted by atomic mass is 16.6. The summed E-state index contributed by atoms with van der Waals surface area (Å²) in [6.07, 6.45) is 5.99. The lowest BCUT2D eigenvalue weighted by molar-refractivity contribution is -0.384. The van der Waals surface area contributed by atoms with Crippen LogP contribution in [0.15, 0.2) is 36.7 Å². The Balaban J connectivity index is 1.72. The summed E-state index contributed by atoms with van der Waals surface area (Å²) in [6.45, 7) is 2.01. The van der Waals surface area contributed by atoms with Gasteiger partial charge in [0.15, 0.2) is 0 Å². The fourth-order valence-corrected chi connectivity index (χ4v) is 3.28. The smallest absolute Gasteiger partial charge is 0.341 e. The van der Waals surface area contributed by atoms with Gasteiger partial charge in [-0.1, -0.05) is 6.42 Å². The van der Waals surface area contributed by atoms with Crippen molar-refractivity contribution in [2.45, 2.75) is 44.8 Å². The number of hydrogen-bond donors (Lipinski definition) is 0. The van der Waals surface area contributed by atoms with Crippen LogP contribution >= 0.6 is 0 Å². The molecule has 1 aliphatic rings. The standard InChI is InChI=1S/C19H21N3O6/c1-2-27-18(23)14-11-20-21(12-14)16-5-3-4-6-17(16)28-19(24)13-7-9-15(10-8-13)22(25)26/h7-12,16-17H,2-6H2,1H3/t16-,17+/m1/s1. The predicted octanol–water partition coefficient (Wildman–Crippen LogP) is 3.31. The Bertz CT molecular complexity index is 861. The number of benzene rings is 1. The van der Waals surface area contributed by atoms with Gasteiger partial charge in [0.05, 0.1) is 34.9 Å². The number of carbonyl (C=O) groups excluding carboxylic acids is 2. The number of ether oxygens (including phenoxy) is 2. The maximum absolute atomic E-state index is 12.5. The van der Waals surface area contributed by atoms with E-state index >= 15 is 0 Å². The van der Waals surface area contributed by atoms with Crippen LogP contribution in [0.5, 0.6) is 0 Å². The number of nitro benzene ring substituents is 1. The molecule has 0 unspecified atom stereocenters. The molecule has 2 atom stereocenters. The number of nitrogens with zero attached hydrogens (tertiary/aromatic N) is 3. The minimum atomic E-state index is -0.537. The molecule has 9 heteroatoms. The van der Waals surface area contributed by atoms with Gasteiger partial charge in [-0.05, 0) is 38.3 Å². The molecular formula is C19H21N3O6. The molecule has 1 aliphatic carbocycles. The maximum Gasteiger partial charge on any atom is 0.341 e. The van der Waals surface area contributed by atoms with Gasteiger partial charge in [0.2, 0.25) is 0 Å². The van der Waals surface area contributed by atoms with E-state index in [-0.39, 0.29) is 23.9 Å². The Morgan fingerprint density at radius 1 is 1.18 bits per heavy atom. The lowest BCUT2D eigenvalue weighted by Crippen LogP contribution is -2.32. The van der Waals surface area contributed by atoms with Crippen molar-refractivity contribution in [2.75, 3.05) is 6.61 Å². The van der Waals surface area contributed by atoms with Crippen LogP contribution in [0.4, 0.5) is 5.69 Å². The Hall–Kier alpha value is -3.23. The van der Waals surface area contributed by atoms with Gasteiger partial charge in [0, 0.05) is 18.3 Å². The average molecular weight is 387 g/mol. The summed E-state index contributed by atoms with van der Waals surface area (Å²) in [5.41, 5.74) is 0.519. The molecule has 1 aromatic carbocycles. The molecule has 0 bridgehead atoms. The zero-order valence-electron chi connectivity index (χ0n) is 15.4. The van der Waals surface area contributed by atoms with Gasteiger partial charge in [0.1, 0.15) is 6.10 Å². The lowest BCUT2D eigenvalue weighted by atomic mass is 9.92. The van der Waals surface area contributed by atoms with Crippen molar-refractivity contribution >= 4 is 17.6 Å². The molecule has 0 saturated heterocycles. The largest absolute Gasteiger partial charge is 0.462 e.